The van der Waals surface area contributed by atoms with Gasteiger partial charge in [0.05, 0.1) is 33.7 Å². The van der Waals surface area contributed by atoms with E-state index in [0.29, 0.717) is 22.3 Å². The lowest BCUT2D eigenvalue weighted by Crippen LogP contribution is -2.21. The Morgan fingerprint density at radius 3 is 2.46 bits per heavy atom. The van der Waals surface area contributed by atoms with Crippen LogP contribution in [-0.2, 0) is 9.53 Å². The number of halogens is 1. The Hall–Kier alpha value is -2.80. The maximum absolute atomic E-state index is 12.2. The van der Waals surface area contributed by atoms with Gasteiger partial charge in [0, 0.05) is 4.47 Å². The van der Waals surface area contributed by atoms with Gasteiger partial charge in [-0.15, -0.1) is 0 Å². The molecule has 0 fully saturated rings. The molecule has 0 saturated carbocycles. The molecule has 0 saturated heterocycles. The van der Waals surface area contributed by atoms with Crippen LogP contribution in [0.25, 0.3) is 11.0 Å². The average molecular weight is 414 g/mol. The molecular formula is C19H16BrN3O3. The van der Waals surface area contributed by atoms with Crippen molar-refractivity contribution >= 4 is 44.5 Å². The fourth-order valence-corrected chi connectivity index (χ4v) is 2.70. The van der Waals surface area contributed by atoms with E-state index in [-0.39, 0.29) is 6.61 Å². The molecule has 3 rings (SSSR count). The summed E-state index contributed by atoms with van der Waals surface area (Å²) in [4.78, 5) is 33.0. The lowest BCUT2D eigenvalue weighted by molar-refractivity contribution is -0.119. The van der Waals surface area contributed by atoms with Crippen LogP contribution in [0, 0.1) is 13.8 Å². The molecule has 0 atom stereocenters. The summed E-state index contributed by atoms with van der Waals surface area (Å²) >= 11 is 3.34. The number of para-hydroxylation sites is 1. The van der Waals surface area contributed by atoms with Crippen LogP contribution in [0.5, 0.6) is 0 Å². The lowest BCUT2D eigenvalue weighted by atomic mass is 10.2. The molecule has 0 aliphatic heterocycles. The summed E-state index contributed by atoms with van der Waals surface area (Å²) in [7, 11) is 0. The van der Waals surface area contributed by atoms with Gasteiger partial charge in [0.1, 0.15) is 0 Å². The van der Waals surface area contributed by atoms with E-state index in [1.165, 1.54) is 0 Å². The zero-order valence-corrected chi connectivity index (χ0v) is 15.8. The minimum absolute atomic E-state index is 0.323. The molecule has 1 amide bonds. The number of nitrogens with zero attached hydrogens (tertiary/aromatic N) is 2. The predicted octanol–water partition coefficient (Wildman–Crippen LogP) is 3.80. The summed E-state index contributed by atoms with van der Waals surface area (Å²) in [5.41, 5.74) is 3.90. The second kappa shape index (κ2) is 7.61. The largest absolute Gasteiger partial charge is 0.452 e. The van der Waals surface area contributed by atoms with Crippen molar-refractivity contribution in [2.24, 2.45) is 0 Å². The highest BCUT2D eigenvalue weighted by molar-refractivity contribution is 9.10. The fraction of sp³-hybridized carbons (Fsp3) is 0.158. The monoisotopic (exact) mass is 413 g/mol. The summed E-state index contributed by atoms with van der Waals surface area (Å²) in [5.74, 6) is -1.01. The van der Waals surface area contributed by atoms with E-state index in [4.69, 9.17) is 4.74 Å². The van der Waals surface area contributed by atoms with E-state index in [2.05, 4.69) is 31.2 Å². The van der Waals surface area contributed by atoms with E-state index in [1.807, 2.05) is 19.9 Å². The number of carbonyl (C=O) groups excluding carboxylic acids is 2. The molecule has 3 aromatic rings. The summed E-state index contributed by atoms with van der Waals surface area (Å²) in [6, 6.07) is 12.1. The van der Waals surface area contributed by atoms with E-state index < -0.39 is 11.9 Å². The number of anilines is 1. The fourth-order valence-electron chi connectivity index (χ4n) is 2.32. The molecule has 7 heteroatoms. The minimum Gasteiger partial charge on any atom is -0.452 e. The number of amides is 1. The topological polar surface area (TPSA) is 81.2 Å². The van der Waals surface area contributed by atoms with Crippen LogP contribution in [0.4, 0.5) is 5.69 Å². The zero-order valence-electron chi connectivity index (χ0n) is 14.2. The van der Waals surface area contributed by atoms with Gasteiger partial charge in [-0.25, -0.2) is 14.8 Å². The van der Waals surface area contributed by atoms with Crippen LogP contribution in [-0.4, -0.2) is 28.5 Å². The molecule has 0 radical (unpaired) electrons. The highest BCUT2D eigenvalue weighted by atomic mass is 79.9. The molecule has 1 aromatic heterocycles. The first-order chi connectivity index (χ1) is 12.4. The van der Waals surface area contributed by atoms with Crippen LogP contribution in [0.15, 0.2) is 46.9 Å². The summed E-state index contributed by atoms with van der Waals surface area (Å²) < 4.78 is 5.84. The molecule has 1 N–H and O–H groups in total. The standard InChI is InChI=1S/C19H16BrN3O3/c1-11-12(2)22-17-9-13(7-8-16(17)21-11)19(25)26-10-18(24)23-15-6-4-3-5-14(15)20/h3-9H,10H2,1-2H3,(H,23,24). The van der Waals surface area contributed by atoms with Gasteiger partial charge in [0.25, 0.3) is 5.91 Å². The molecule has 0 unspecified atom stereocenters. The highest BCUT2D eigenvalue weighted by Crippen LogP contribution is 2.21. The molecule has 0 aliphatic rings. The van der Waals surface area contributed by atoms with E-state index in [9.17, 15) is 9.59 Å². The zero-order chi connectivity index (χ0) is 18.7. The summed E-state index contributed by atoms with van der Waals surface area (Å²) in [6.07, 6.45) is 0. The number of aromatic nitrogens is 2. The predicted molar refractivity (Wildman–Crippen MR) is 102 cm³/mol. The minimum atomic E-state index is -0.589. The van der Waals surface area contributed by atoms with Gasteiger partial charge >= 0.3 is 5.97 Å². The number of carbonyl (C=O) groups is 2. The summed E-state index contributed by atoms with van der Waals surface area (Å²) in [5, 5.41) is 2.67. The van der Waals surface area contributed by atoms with Gasteiger partial charge in [0.15, 0.2) is 6.61 Å². The molecule has 26 heavy (non-hydrogen) atoms. The van der Waals surface area contributed by atoms with Crippen molar-refractivity contribution in [2.45, 2.75) is 13.8 Å². The number of nitrogens with one attached hydrogen (secondary N) is 1. The van der Waals surface area contributed by atoms with Crippen LogP contribution in [0.3, 0.4) is 0 Å². The first-order valence-corrected chi connectivity index (χ1v) is 8.70. The number of esters is 1. The molecule has 2 aromatic carbocycles. The summed E-state index contributed by atoms with van der Waals surface area (Å²) in [6.45, 7) is 3.36. The van der Waals surface area contributed by atoms with Crippen LogP contribution in [0.1, 0.15) is 21.7 Å². The number of ether oxygens (including phenoxy) is 1. The number of benzene rings is 2. The van der Waals surface area contributed by atoms with Crippen molar-refractivity contribution in [1.82, 2.24) is 9.97 Å². The van der Waals surface area contributed by atoms with Gasteiger partial charge in [-0.1, -0.05) is 12.1 Å². The van der Waals surface area contributed by atoms with Gasteiger partial charge in [-0.2, -0.15) is 0 Å². The smallest absolute Gasteiger partial charge is 0.338 e. The maximum atomic E-state index is 12.2. The number of aryl methyl sites for hydroxylation is 2. The third kappa shape index (κ3) is 4.05. The van der Waals surface area contributed by atoms with Crippen LogP contribution >= 0.6 is 15.9 Å². The van der Waals surface area contributed by atoms with Gasteiger partial charge in [-0.3, -0.25) is 4.79 Å². The Balaban J connectivity index is 1.66. The molecule has 0 aliphatic carbocycles. The molecule has 1 heterocycles. The van der Waals surface area contributed by atoms with Crippen molar-refractivity contribution in [2.75, 3.05) is 11.9 Å². The van der Waals surface area contributed by atoms with Crippen molar-refractivity contribution < 1.29 is 14.3 Å². The molecule has 0 bridgehead atoms. The van der Waals surface area contributed by atoms with Crippen molar-refractivity contribution in [1.29, 1.82) is 0 Å². The number of fused-ring (bicyclic) bond motifs is 1. The number of rotatable bonds is 4. The first-order valence-electron chi connectivity index (χ1n) is 7.90. The Morgan fingerprint density at radius 2 is 1.73 bits per heavy atom. The Morgan fingerprint density at radius 1 is 1.04 bits per heavy atom. The molecular weight excluding hydrogens is 398 g/mol. The van der Waals surface area contributed by atoms with E-state index in [0.717, 1.165) is 15.9 Å². The maximum Gasteiger partial charge on any atom is 0.338 e. The molecule has 0 spiro atoms. The molecule has 6 nitrogen and oxygen atoms in total. The number of hydrogen-bond acceptors (Lipinski definition) is 5. The average Bonchev–Trinajstić information content (AvgIpc) is 2.62. The first kappa shape index (κ1) is 18.0. The third-order valence-electron chi connectivity index (χ3n) is 3.79. The van der Waals surface area contributed by atoms with E-state index >= 15 is 0 Å². The van der Waals surface area contributed by atoms with Gasteiger partial charge < -0.3 is 10.1 Å². The van der Waals surface area contributed by atoms with Crippen LogP contribution in [0.2, 0.25) is 0 Å². The Bertz CT molecular complexity index is 1000. The second-order valence-electron chi connectivity index (χ2n) is 5.70. The van der Waals surface area contributed by atoms with Crippen LogP contribution < -0.4 is 5.32 Å². The quantitative estimate of drug-likeness (QED) is 0.657. The van der Waals surface area contributed by atoms with Crippen molar-refractivity contribution in [3.63, 3.8) is 0 Å². The molecule has 132 valence electrons. The Labute approximate surface area is 158 Å². The second-order valence-corrected chi connectivity index (χ2v) is 6.56. The van der Waals surface area contributed by atoms with E-state index in [1.54, 1.807) is 36.4 Å². The van der Waals surface area contributed by atoms with Gasteiger partial charge in [0.2, 0.25) is 0 Å². The normalized spacial score (nSPS) is 10.6. The van der Waals surface area contributed by atoms with Crippen molar-refractivity contribution in [3.05, 3.63) is 63.9 Å². The highest BCUT2D eigenvalue weighted by Gasteiger charge is 2.13. The Kier molecular flexibility index (Phi) is 5.27. The number of hydrogen-bond donors (Lipinski definition) is 1. The SMILES string of the molecule is Cc1nc2ccc(C(=O)OCC(=O)Nc3ccccc3Br)cc2nc1C. The van der Waals surface area contributed by atoms with Gasteiger partial charge in [-0.05, 0) is 60.1 Å². The van der Waals surface area contributed by atoms with Crippen molar-refractivity contribution in [3.8, 4) is 0 Å². The third-order valence-corrected chi connectivity index (χ3v) is 4.48. The lowest BCUT2D eigenvalue weighted by Gasteiger charge is -2.08.